The lowest BCUT2D eigenvalue weighted by Crippen LogP contribution is -2.35. The molecule has 4 rings (SSSR count). The molecule has 10 heteroatoms. The van der Waals surface area contributed by atoms with Crippen molar-refractivity contribution < 1.29 is 17.9 Å². The van der Waals surface area contributed by atoms with Gasteiger partial charge in [-0.1, -0.05) is 20.3 Å². The quantitative estimate of drug-likeness (QED) is 0.526. The van der Waals surface area contributed by atoms with E-state index in [0.717, 1.165) is 41.7 Å². The van der Waals surface area contributed by atoms with Crippen molar-refractivity contribution in [2.75, 3.05) is 25.5 Å². The minimum atomic E-state index is -3.63. The van der Waals surface area contributed by atoms with Crippen LogP contribution in [-0.4, -0.2) is 48.6 Å². The van der Waals surface area contributed by atoms with Gasteiger partial charge in [0.15, 0.2) is 0 Å². The fraction of sp³-hybridized carbons (Fsp3) is 0.478. The molecule has 33 heavy (non-hydrogen) atoms. The molecule has 1 fully saturated rings. The third-order valence-electron chi connectivity index (χ3n) is 5.74. The minimum Gasteiger partial charge on any atom is -0.495 e. The van der Waals surface area contributed by atoms with Crippen molar-refractivity contribution in [2.45, 2.75) is 51.5 Å². The van der Waals surface area contributed by atoms with Gasteiger partial charge in [-0.25, -0.2) is 8.42 Å². The highest BCUT2D eigenvalue weighted by Gasteiger charge is 2.27. The zero-order valence-corrected chi connectivity index (χ0v) is 21.1. The Labute approximate surface area is 198 Å². The van der Waals surface area contributed by atoms with Gasteiger partial charge >= 0.3 is 0 Å². The highest BCUT2D eigenvalue weighted by Crippen LogP contribution is 2.33. The highest BCUT2D eigenvalue weighted by molar-refractivity contribution is 7.89. The molecule has 1 amide bonds. The van der Waals surface area contributed by atoms with Crippen LogP contribution in [0.25, 0.3) is 10.2 Å². The fourth-order valence-electron chi connectivity index (χ4n) is 4.08. The van der Waals surface area contributed by atoms with Crippen molar-refractivity contribution in [2.24, 2.45) is 5.92 Å². The summed E-state index contributed by atoms with van der Waals surface area (Å²) in [6.07, 6.45) is 2.76. The molecule has 2 aromatic heterocycles. The molecule has 178 valence electrons. The van der Waals surface area contributed by atoms with E-state index in [1.165, 1.54) is 34.9 Å². The molecule has 3 aromatic rings. The highest BCUT2D eigenvalue weighted by atomic mass is 32.2. The number of piperidine rings is 1. The summed E-state index contributed by atoms with van der Waals surface area (Å²) in [4.78, 5) is 14.8. The Kier molecular flexibility index (Phi) is 6.78. The van der Waals surface area contributed by atoms with Crippen molar-refractivity contribution in [3.05, 3.63) is 34.8 Å². The Morgan fingerprint density at radius 2 is 1.94 bits per heavy atom. The number of carbonyl (C=O) groups is 1. The molecule has 8 nitrogen and oxygen atoms in total. The summed E-state index contributed by atoms with van der Waals surface area (Å²) in [5, 5.41) is 8.40. The van der Waals surface area contributed by atoms with Crippen LogP contribution >= 0.6 is 11.3 Å². The van der Waals surface area contributed by atoms with E-state index in [1.807, 2.05) is 17.7 Å². The van der Waals surface area contributed by atoms with Crippen LogP contribution in [0.1, 0.15) is 48.5 Å². The van der Waals surface area contributed by atoms with Crippen LogP contribution in [0.4, 0.5) is 5.69 Å². The lowest BCUT2D eigenvalue weighted by molar-refractivity contribution is 0.103. The van der Waals surface area contributed by atoms with Crippen LogP contribution in [0.3, 0.4) is 0 Å². The van der Waals surface area contributed by atoms with Gasteiger partial charge in [-0.2, -0.15) is 9.40 Å². The molecule has 1 aliphatic heterocycles. The molecule has 0 atom stereocenters. The standard InChI is InChI=1S/C23H30N4O4S2/c1-15(2)14-27-23-18(16(3)25-27)13-21(32-23)22(28)24-19-12-17(8-9-20(19)31-4)33(29,30)26-10-6-5-7-11-26/h8-9,12-13,15H,5-7,10-11,14H2,1-4H3,(H,24,28). The topological polar surface area (TPSA) is 93.5 Å². The largest absolute Gasteiger partial charge is 0.495 e. The molecule has 0 unspecified atom stereocenters. The number of rotatable bonds is 7. The third kappa shape index (κ3) is 4.78. The van der Waals surface area contributed by atoms with Crippen molar-refractivity contribution in [3.8, 4) is 5.75 Å². The Hall–Kier alpha value is -2.43. The summed E-state index contributed by atoms with van der Waals surface area (Å²) in [6.45, 7) is 8.00. The second-order valence-corrected chi connectivity index (χ2v) is 11.7. The summed E-state index contributed by atoms with van der Waals surface area (Å²) in [7, 11) is -2.13. The number of fused-ring (bicyclic) bond motifs is 1. The van der Waals surface area contributed by atoms with E-state index in [-0.39, 0.29) is 10.8 Å². The minimum absolute atomic E-state index is 0.153. The van der Waals surface area contributed by atoms with Crippen LogP contribution in [0.5, 0.6) is 5.75 Å². The molecule has 1 N–H and O–H groups in total. The zero-order chi connectivity index (χ0) is 23.8. The first-order chi connectivity index (χ1) is 15.7. The van der Waals surface area contributed by atoms with Gasteiger partial charge in [0.25, 0.3) is 5.91 Å². The Balaban J connectivity index is 1.63. The number of sulfonamides is 1. The van der Waals surface area contributed by atoms with E-state index in [2.05, 4.69) is 24.3 Å². The predicted molar refractivity (Wildman–Crippen MR) is 131 cm³/mol. The van der Waals surface area contributed by atoms with Gasteiger partial charge in [0.1, 0.15) is 10.6 Å². The van der Waals surface area contributed by atoms with Crippen LogP contribution in [0.2, 0.25) is 0 Å². The van der Waals surface area contributed by atoms with Gasteiger partial charge < -0.3 is 10.1 Å². The first kappa shape index (κ1) is 23.7. The van der Waals surface area contributed by atoms with Gasteiger partial charge in [0.05, 0.1) is 28.3 Å². The predicted octanol–water partition coefficient (Wildman–Crippen LogP) is 4.50. The maximum absolute atomic E-state index is 13.1. The molecule has 0 spiro atoms. The van der Waals surface area contributed by atoms with Crippen LogP contribution < -0.4 is 10.1 Å². The maximum Gasteiger partial charge on any atom is 0.265 e. The number of hydrogen-bond acceptors (Lipinski definition) is 6. The SMILES string of the molecule is COc1ccc(S(=O)(=O)N2CCCCC2)cc1NC(=O)c1cc2c(C)nn(CC(C)C)c2s1. The molecular weight excluding hydrogens is 460 g/mol. The molecule has 1 saturated heterocycles. The smallest absolute Gasteiger partial charge is 0.265 e. The van der Waals surface area contributed by atoms with Gasteiger partial charge in [-0.15, -0.1) is 11.3 Å². The molecule has 1 aromatic carbocycles. The van der Waals surface area contributed by atoms with Crippen LogP contribution in [0, 0.1) is 12.8 Å². The summed E-state index contributed by atoms with van der Waals surface area (Å²) < 4.78 is 35.1. The van der Waals surface area contributed by atoms with Gasteiger partial charge in [-0.3, -0.25) is 9.48 Å². The molecule has 0 aliphatic carbocycles. The van der Waals surface area contributed by atoms with Crippen molar-refractivity contribution in [1.82, 2.24) is 14.1 Å². The number of thiophene rings is 1. The van der Waals surface area contributed by atoms with E-state index in [9.17, 15) is 13.2 Å². The van der Waals surface area contributed by atoms with E-state index in [1.54, 1.807) is 6.07 Å². The number of aryl methyl sites for hydroxylation is 1. The maximum atomic E-state index is 13.1. The Bertz CT molecular complexity index is 1270. The normalized spacial score (nSPS) is 15.3. The molecule has 0 bridgehead atoms. The second kappa shape index (κ2) is 9.44. The fourth-order valence-corrected chi connectivity index (χ4v) is 6.69. The van der Waals surface area contributed by atoms with Crippen LogP contribution in [0.15, 0.2) is 29.2 Å². The number of benzene rings is 1. The first-order valence-electron chi connectivity index (χ1n) is 11.2. The lowest BCUT2D eigenvalue weighted by atomic mass is 10.2. The lowest BCUT2D eigenvalue weighted by Gasteiger charge is -2.26. The number of methoxy groups -OCH3 is 1. The zero-order valence-electron chi connectivity index (χ0n) is 19.4. The molecule has 1 aliphatic rings. The monoisotopic (exact) mass is 490 g/mol. The third-order valence-corrected chi connectivity index (χ3v) is 8.78. The number of anilines is 1. The molecule has 0 saturated carbocycles. The van der Waals surface area contributed by atoms with Crippen molar-refractivity contribution in [3.63, 3.8) is 0 Å². The summed E-state index contributed by atoms with van der Waals surface area (Å²) in [5.74, 6) is 0.530. The van der Waals surface area contributed by atoms with Gasteiger partial charge in [0.2, 0.25) is 10.0 Å². The number of nitrogens with zero attached hydrogens (tertiary/aromatic N) is 3. The number of hydrogen-bond donors (Lipinski definition) is 1. The van der Waals surface area contributed by atoms with E-state index >= 15 is 0 Å². The van der Waals surface area contributed by atoms with Crippen molar-refractivity contribution in [1.29, 1.82) is 0 Å². The average Bonchev–Trinajstić information content (AvgIpc) is 3.35. The number of amides is 1. The first-order valence-corrected chi connectivity index (χ1v) is 13.4. The average molecular weight is 491 g/mol. The number of nitrogens with one attached hydrogen (secondary N) is 1. The van der Waals surface area contributed by atoms with E-state index in [4.69, 9.17) is 4.74 Å². The number of ether oxygens (including phenoxy) is 1. The number of aromatic nitrogens is 2. The van der Waals surface area contributed by atoms with Gasteiger partial charge in [-0.05, 0) is 49.9 Å². The summed E-state index contributed by atoms with van der Waals surface area (Å²) in [6, 6.07) is 6.44. The molecule has 3 heterocycles. The summed E-state index contributed by atoms with van der Waals surface area (Å²) >= 11 is 1.38. The van der Waals surface area contributed by atoms with Gasteiger partial charge in [0, 0.05) is 25.0 Å². The summed E-state index contributed by atoms with van der Waals surface area (Å²) in [5.41, 5.74) is 1.21. The van der Waals surface area contributed by atoms with Crippen molar-refractivity contribution >= 4 is 43.2 Å². The molecular formula is C23H30N4O4S2. The Morgan fingerprint density at radius 3 is 2.61 bits per heavy atom. The van der Waals surface area contributed by atoms with Crippen LogP contribution in [-0.2, 0) is 16.6 Å². The number of carbonyl (C=O) groups excluding carboxylic acids is 1. The second-order valence-electron chi connectivity index (χ2n) is 8.77. The Morgan fingerprint density at radius 1 is 1.21 bits per heavy atom. The van der Waals surface area contributed by atoms with E-state index < -0.39 is 10.0 Å². The van der Waals surface area contributed by atoms with E-state index in [0.29, 0.717) is 35.3 Å². The molecule has 0 radical (unpaired) electrons.